The molecule has 3 rings (SSSR count). The molecule has 2 nitrogen and oxygen atoms in total. The van der Waals surface area contributed by atoms with Gasteiger partial charge in [-0.3, -0.25) is 4.98 Å². The number of para-hydroxylation sites is 1. The molecule has 0 bridgehead atoms. The fourth-order valence-electron chi connectivity index (χ4n) is 1.80. The van der Waals surface area contributed by atoms with E-state index in [9.17, 15) is 5.11 Å². The summed E-state index contributed by atoms with van der Waals surface area (Å²) in [7, 11) is 0. The van der Waals surface area contributed by atoms with E-state index in [0.717, 1.165) is 15.8 Å². The van der Waals surface area contributed by atoms with Crippen LogP contribution < -0.4 is 0 Å². The maximum atomic E-state index is 9.28. The van der Waals surface area contributed by atoms with E-state index in [4.69, 9.17) is 0 Å². The van der Waals surface area contributed by atoms with Crippen molar-refractivity contribution in [3.63, 3.8) is 0 Å². The van der Waals surface area contributed by atoms with Crippen molar-refractivity contribution in [1.29, 1.82) is 0 Å². The minimum Gasteiger partial charge on any atom is -0.508 e. The molecule has 1 N–H and O–H groups in total. The summed E-state index contributed by atoms with van der Waals surface area (Å²) in [5, 5.41) is 10.4. The summed E-state index contributed by atoms with van der Waals surface area (Å²) in [4.78, 5) is 6.62. The van der Waals surface area contributed by atoms with Crippen LogP contribution >= 0.6 is 11.8 Å². The Hall–Kier alpha value is -2.00. The van der Waals surface area contributed by atoms with Gasteiger partial charge in [-0.05, 0) is 36.4 Å². The monoisotopic (exact) mass is 253 g/mol. The van der Waals surface area contributed by atoms with Gasteiger partial charge in [0.15, 0.2) is 0 Å². The molecule has 2 aromatic carbocycles. The summed E-state index contributed by atoms with van der Waals surface area (Å²) >= 11 is 1.67. The van der Waals surface area contributed by atoms with Crippen molar-refractivity contribution in [2.75, 3.05) is 0 Å². The third kappa shape index (κ3) is 2.17. The highest BCUT2D eigenvalue weighted by Gasteiger charge is 2.03. The molecule has 18 heavy (non-hydrogen) atoms. The zero-order valence-corrected chi connectivity index (χ0v) is 10.4. The van der Waals surface area contributed by atoms with Gasteiger partial charge in [-0.25, -0.2) is 0 Å². The number of phenolic OH excluding ortho intramolecular Hbond substituents is 1. The van der Waals surface area contributed by atoms with E-state index in [0.29, 0.717) is 5.75 Å². The number of aromatic nitrogens is 1. The topological polar surface area (TPSA) is 33.1 Å². The van der Waals surface area contributed by atoms with Crippen LogP contribution in [0.5, 0.6) is 5.75 Å². The number of hydrogen-bond acceptors (Lipinski definition) is 3. The highest BCUT2D eigenvalue weighted by molar-refractivity contribution is 7.99. The van der Waals surface area contributed by atoms with Gasteiger partial charge in [0.2, 0.25) is 0 Å². The summed E-state index contributed by atoms with van der Waals surface area (Å²) in [6.45, 7) is 0. The molecule has 3 heteroatoms. The Balaban J connectivity index is 2.02. The first kappa shape index (κ1) is 11.1. The van der Waals surface area contributed by atoms with Gasteiger partial charge >= 0.3 is 0 Å². The SMILES string of the molecule is Oc1ccc(Sc2ccnc3ccccc23)cc1. The average molecular weight is 253 g/mol. The van der Waals surface area contributed by atoms with Crippen molar-refractivity contribution in [2.45, 2.75) is 9.79 Å². The van der Waals surface area contributed by atoms with Crippen LogP contribution in [-0.4, -0.2) is 10.1 Å². The average Bonchev–Trinajstić information content (AvgIpc) is 2.42. The molecule has 0 aliphatic rings. The normalized spacial score (nSPS) is 10.7. The Bertz CT molecular complexity index is 674. The predicted octanol–water partition coefficient (Wildman–Crippen LogP) is 4.09. The van der Waals surface area contributed by atoms with Crippen LogP contribution in [0.3, 0.4) is 0 Å². The van der Waals surface area contributed by atoms with Gasteiger partial charge < -0.3 is 5.11 Å². The van der Waals surface area contributed by atoms with Crippen molar-refractivity contribution in [2.24, 2.45) is 0 Å². The van der Waals surface area contributed by atoms with Crippen molar-refractivity contribution < 1.29 is 5.11 Å². The largest absolute Gasteiger partial charge is 0.508 e. The molecule has 0 spiro atoms. The Morgan fingerprint density at radius 2 is 1.67 bits per heavy atom. The highest BCUT2D eigenvalue weighted by atomic mass is 32.2. The molecular formula is C15H11NOS. The molecule has 0 fully saturated rings. The third-order valence-corrected chi connectivity index (χ3v) is 3.76. The fourth-order valence-corrected chi connectivity index (χ4v) is 2.74. The van der Waals surface area contributed by atoms with E-state index in [1.54, 1.807) is 23.9 Å². The van der Waals surface area contributed by atoms with Crippen LogP contribution in [0.2, 0.25) is 0 Å². The van der Waals surface area contributed by atoms with Gasteiger partial charge in [0.25, 0.3) is 0 Å². The van der Waals surface area contributed by atoms with Crippen molar-refractivity contribution in [3.8, 4) is 5.75 Å². The lowest BCUT2D eigenvalue weighted by molar-refractivity contribution is 0.475. The van der Waals surface area contributed by atoms with Crippen molar-refractivity contribution >= 4 is 22.7 Å². The maximum absolute atomic E-state index is 9.28. The lowest BCUT2D eigenvalue weighted by Crippen LogP contribution is -1.81. The molecule has 0 aliphatic heterocycles. The summed E-state index contributed by atoms with van der Waals surface area (Å²) in [5.41, 5.74) is 1.00. The second-order valence-corrected chi connectivity index (χ2v) is 5.04. The molecule has 0 aliphatic carbocycles. The van der Waals surface area contributed by atoms with Crippen LogP contribution in [0.1, 0.15) is 0 Å². The van der Waals surface area contributed by atoms with E-state index in [1.807, 2.05) is 42.6 Å². The quantitative estimate of drug-likeness (QED) is 0.746. The Morgan fingerprint density at radius 1 is 0.889 bits per heavy atom. The van der Waals surface area contributed by atoms with Gasteiger partial charge in [0, 0.05) is 21.4 Å². The molecule has 0 unspecified atom stereocenters. The molecular weight excluding hydrogens is 242 g/mol. The number of aromatic hydroxyl groups is 1. The first-order chi connectivity index (χ1) is 8.83. The number of rotatable bonds is 2. The van der Waals surface area contributed by atoms with Crippen LogP contribution in [0.4, 0.5) is 0 Å². The molecule has 1 aromatic heterocycles. The lowest BCUT2D eigenvalue weighted by Gasteiger charge is -2.05. The Morgan fingerprint density at radius 3 is 2.50 bits per heavy atom. The zero-order valence-electron chi connectivity index (χ0n) is 9.58. The van der Waals surface area contributed by atoms with E-state index in [-0.39, 0.29) is 0 Å². The summed E-state index contributed by atoms with van der Waals surface area (Å²) in [6.07, 6.45) is 1.82. The number of fused-ring (bicyclic) bond motifs is 1. The van der Waals surface area contributed by atoms with Gasteiger partial charge in [-0.2, -0.15) is 0 Å². The van der Waals surface area contributed by atoms with Crippen LogP contribution in [0.15, 0.2) is 70.6 Å². The van der Waals surface area contributed by atoms with Gasteiger partial charge in [-0.15, -0.1) is 0 Å². The highest BCUT2D eigenvalue weighted by Crippen LogP contribution is 2.33. The van der Waals surface area contributed by atoms with Crippen molar-refractivity contribution in [3.05, 3.63) is 60.8 Å². The molecule has 0 saturated carbocycles. The van der Waals surface area contributed by atoms with Crippen molar-refractivity contribution in [1.82, 2.24) is 4.98 Å². The first-order valence-electron chi connectivity index (χ1n) is 5.63. The Kier molecular flexibility index (Phi) is 2.90. The smallest absolute Gasteiger partial charge is 0.115 e. The number of nitrogens with zero attached hydrogens (tertiary/aromatic N) is 1. The van der Waals surface area contributed by atoms with E-state index >= 15 is 0 Å². The van der Waals surface area contributed by atoms with Gasteiger partial charge in [0.05, 0.1) is 5.52 Å². The number of hydrogen-bond donors (Lipinski definition) is 1. The third-order valence-electron chi connectivity index (χ3n) is 2.67. The molecule has 1 heterocycles. The summed E-state index contributed by atoms with van der Waals surface area (Å²) in [6, 6.07) is 17.3. The number of benzene rings is 2. The number of phenols is 1. The van der Waals surface area contributed by atoms with Gasteiger partial charge in [0.1, 0.15) is 5.75 Å². The first-order valence-corrected chi connectivity index (χ1v) is 6.45. The molecule has 0 saturated heterocycles. The van der Waals surface area contributed by atoms with E-state index < -0.39 is 0 Å². The maximum Gasteiger partial charge on any atom is 0.115 e. The molecule has 0 amide bonds. The van der Waals surface area contributed by atoms with E-state index in [1.165, 1.54) is 4.90 Å². The molecule has 3 aromatic rings. The minimum absolute atomic E-state index is 0.291. The number of pyridine rings is 1. The second-order valence-electron chi connectivity index (χ2n) is 3.92. The van der Waals surface area contributed by atoms with Crippen LogP contribution in [0.25, 0.3) is 10.9 Å². The fraction of sp³-hybridized carbons (Fsp3) is 0. The molecule has 0 atom stereocenters. The summed E-state index contributed by atoms with van der Waals surface area (Å²) < 4.78 is 0. The molecule has 0 radical (unpaired) electrons. The lowest BCUT2D eigenvalue weighted by atomic mass is 10.2. The predicted molar refractivity (Wildman–Crippen MR) is 74.0 cm³/mol. The molecule has 88 valence electrons. The standard InChI is InChI=1S/C15H11NOS/c17-11-5-7-12(8-6-11)18-15-9-10-16-14-4-2-1-3-13(14)15/h1-10,17H. The minimum atomic E-state index is 0.291. The second kappa shape index (κ2) is 4.70. The van der Waals surface area contributed by atoms with Crippen LogP contribution in [0, 0.1) is 0 Å². The van der Waals surface area contributed by atoms with Crippen LogP contribution in [-0.2, 0) is 0 Å². The zero-order chi connectivity index (χ0) is 12.4. The van der Waals surface area contributed by atoms with E-state index in [2.05, 4.69) is 11.1 Å². The summed E-state index contributed by atoms with van der Waals surface area (Å²) in [5.74, 6) is 0.291. The Labute approximate surface area is 109 Å². The van der Waals surface area contributed by atoms with Gasteiger partial charge in [-0.1, -0.05) is 30.0 Å².